The topological polar surface area (TPSA) is 6.48 Å². The summed E-state index contributed by atoms with van der Waals surface area (Å²) in [5.41, 5.74) is 18.8. The summed E-state index contributed by atoms with van der Waals surface area (Å²) >= 11 is 0. The van der Waals surface area contributed by atoms with E-state index in [4.69, 9.17) is 0 Å². The second kappa shape index (κ2) is 15.7. The summed E-state index contributed by atoms with van der Waals surface area (Å²) in [7, 11) is 0. The third-order valence-corrected chi connectivity index (χ3v) is 10.8. The zero-order valence-electron chi connectivity index (χ0n) is 31.8. The van der Waals surface area contributed by atoms with E-state index >= 15 is 0 Å². The average Bonchev–Trinajstić information content (AvgIpc) is 3.28. The van der Waals surface area contributed by atoms with Gasteiger partial charge in [-0.2, -0.15) is 0 Å². The summed E-state index contributed by atoms with van der Waals surface area (Å²) in [5, 5.41) is 0. The first kappa shape index (κ1) is 35.3. The van der Waals surface area contributed by atoms with Gasteiger partial charge in [0.05, 0.1) is 0 Å². The predicted octanol–water partition coefficient (Wildman–Crippen LogP) is 15.3. The number of allylic oxidation sites excluding steroid dienone is 4. The molecule has 57 heavy (non-hydrogen) atoms. The van der Waals surface area contributed by atoms with Crippen LogP contribution in [0, 0.1) is 0 Å². The number of benzene rings is 8. The molecule has 0 bridgehead atoms. The normalized spacial score (nSPS) is 12.0. The molecule has 1 heterocycles. The van der Waals surface area contributed by atoms with Crippen LogP contribution in [0.1, 0.15) is 16.7 Å². The lowest BCUT2D eigenvalue weighted by atomic mass is 9.90. The molecule has 0 spiro atoms. The van der Waals surface area contributed by atoms with Crippen LogP contribution >= 0.6 is 0 Å². The first-order chi connectivity index (χ1) is 28.2. The quantitative estimate of drug-likeness (QED) is 0.129. The summed E-state index contributed by atoms with van der Waals surface area (Å²) in [6.07, 6.45) is 6.52. The molecule has 272 valence electrons. The van der Waals surface area contributed by atoms with Crippen molar-refractivity contribution in [3.63, 3.8) is 0 Å². The molecule has 9 rings (SSSR count). The monoisotopic (exact) mass is 730 g/mol. The lowest BCUT2D eigenvalue weighted by Gasteiger charge is -2.34. The Bertz CT molecular complexity index is 2690. The standard InChI is InChI=1S/C55H42N2/c1-3-14-40(4-2)43-21-33-53(34-22-43)57-54-35-27-46(42-17-10-6-11-18-42)37-48(54)39-49-38-47(28-36-55(49)57)45-25-31-52(32-26-45)56(50-19-12-7-13-20-50)51-29-23-44(24-30-51)41-15-8-5-9-16-41/h3-38H,1-2,39H2/b40-14+. The Hall–Kier alpha value is -7.42. The van der Waals surface area contributed by atoms with Crippen molar-refractivity contribution >= 4 is 39.7 Å². The highest BCUT2D eigenvalue weighted by atomic mass is 15.2. The summed E-state index contributed by atoms with van der Waals surface area (Å²) in [6.45, 7) is 7.91. The van der Waals surface area contributed by atoms with Crippen molar-refractivity contribution in [3.8, 4) is 33.4 Å². The lowest BCUT2D eigenvalue weighted by Crippen LogP contribution is -2.18. The Balaban J connectivity index is 1.07. The number of hydrogen-bond donors (Lipinski definition) is 0. The van der Waals surface area contributed by atoms with Crippen LogP contribution in [0.15, 0.2) is 232 Å². The van der Waals surface area contributed by atoms with E-state index in [0.29, 0.717) is 0 Å². The van der Waals surface area contributed by atoms with Crippen molar-refractivity contribution in [1.29, 1.82) is 0 Å². The van der Waals surface area contributed by atoms with E-state index < -0.39 is 0 Å². The van der Waals surface area contributed by atoms with Crippen molar-refractivity contribution in [2.75, 3.05) is 9.80 Å². The van der Waals surface area contributed by atoms with Crippen LogP contribution in [0.25, 0.3) is 39.0 Å². The molecule has 2 nitrogen and oxygen atoms in total. The molecule has 0 unspecified atom stereocenters. The van der Waals surface area contributed by atoms with E-state index in [1.54, 1.807) is 0 Å². The fourth-order valence-electron chi connectivity index (χ4n) is 7.97. The molecule has 0 N–H and O–H groups in total. The minimum Gasteiger partial charge on any atom is -0.311 e. The molecule has 1 aliphatic rings. The van der Waals surface area contributed by atoms with Gasteiger partial charge in [0, 0.05) is 40.5 Å². The van der Waals surface area contributed by atoms with Crippen LogP contribution in [-0.2, 0) is 6.42 Å². The maximum absolute atomic E-state index is 4.02. The maximum atomic E-state index is 4.02. The molecule has 0 fully saturated rings. The zero-order chi connectivity index (χ0) is 38.6. The van der Waals surface area contributed by atoms with Crippen LogP contribution in [-0.4, -0.2) is 0 Å². The Morgan fingerprint density at radius 3 is 1.35 bits per heavy atom. The van der Waals surface area contributed by atoms with Crippen LogP contribution in [0.2, 0.25) is 0 Å². The fourth-order valence-corrected chi connectivity index (χ4v) is 7.97. The fraction of sp³-hybridized carbons (Fsp3) is 0.0182. The molecule has 0 saturated heterocycles. The van der Waals surface area contributed by atoms with E-state index in [0.717, 1.165) is 40.3 Å². The summed E-state index contributed by atoms with van der Waals surface area (Å²) in [4.78, 5) is 4.73. The van der Waals surface area contributed by atoms with E-state index in [1.807, 2.05) is 18.2 Å². The number of fused-ring (bicyclic) bond motifs is 2. The van der Waals surface area contributed by atoms with Crippen LogP contribution in [0.4, 0.5) is 34.1 Å². The summed E-state index contributed by atoms with van der Waals surface area (Å²) < 4.78 is 0. The number of hydrogen-bond acceptors (Lipinski definition) is 2. The van der Waals surface area contributed by atoms with Gasteiger partial charge in [0.15, 0.2) is 0 Å². The molecule has 0 atom stereocenters. The number of nitrogens with zero attached hydrogens (tertiary/aromatic N) is 2. The predicted molar refractivity (Wildman–Crippen MR) is 243 cm³/mol. The van der Waals surface area contributed by atoms with Gasteiger partial charge in [0.1, 0.15) is 0 Å². The smallest absolute Gasteiger partial charge is 0.0497 e. The third kappa shape index (κ3) is 7.13. The van der Waals surface area contributed by atoms with E-state index in [2.05, 4.69) is 223 Å². The molecule has 0 saturated carbocycles. The number of para-hydroxylation sites is 1. The van der Waals surface area contributed by atoms with Crippen molar-refractivity contribution in [2.24, 2.45) is 0 Å². The van der Waals surface area contributed by atoms with Gasteiger partial charge < -0.3 is 9.80 Å². The molecule has 8 aromatic carbocycles. The second-order valence-electron chi connectivity index (χ2n) is 14.3. The highest BCUT2D eigenvalue weighted by molar-refractivity contribution is 5.88. The van der Waals surface area contributed by atoms with Gasteiger partial charge in [-0.3, -0.25) is 0 Å². The Kier molecular flexibility index (Phi) is 9.75. The third-order valence-electron chi connectivity index (χ3n) is 10.8. The van der Waals surface area contributed by atoms with Crippen molar-refractivity contribution in [3.05, 3.63) is 248 Å². The molecule has 8 aromatic rings. The van der Waals surface area contributed by atoms with Crippen LogP contribution < -0.4 is 9.80 Å². The molecule has 1 aliphatic heterocycles. The first-order valence-corrected chi connectivity index (χ1v) is 19.4. The van der Waals surface area contributed by atoms with Crippen molar-refractivity contribution in [2.45, 2.75) is 6.42 Å². The Labute approximate surface area is 336 Å². The van der Waals surface area contributed by atoms with Gasteiger partial charge in [-0.25, -0.2) is 0 Å². The minimum atomic E-state index is 0.843. The average molecular weight is 731 g/mol. The van der Waals surface area contributed by atoms with Crippen molar-refractivity contribution < 1.29 is 0 Å². The highest BCUT2D eigenvalue weighted by Gasteiger charge is 2.25. The zero-order valence-corrected chi connectivity index (χ0v) is 31.8. The molecular formula is C55H42N2. The van der Waals surface area contributed by atoms with Crippen LogP contribution in [0.3, 0.4) is 0 Å². The van der Waals surface area contributed by atoms with Gasteiger partial charge >= 0.3 is 0 Å². The SMILES string of the molecule is C=C/C=C(\C=C)c1ccc(N2c3ccc(-c4ccccc4)cc3Cc3cc(-c4ccc(N(c5ccccc5)c5ccc(-c6ccccc6)cc5)cc4)ccc32)cc1. The highest BCUT2D eigenvalue weighted by Crippen LogP contribution is 2.46. The molecule has 0 aromatic heterocycles. The Morgan fingerprint density at radius 1 is 0.439 bits per heavy atom. The molecule has 0 amide bonds. The van der Waals surface area contributed by atoms with E-state index in [9.17, 15) is 0 Å². The molecule has 2 heteroatoms. The largest absolute Gasteiger partial charge is 0.311 e. The molecule has 0 aliphatic carbocycles. The van der Waals surface area contributed by atoms with Gasteiger partial charge in [-0.1, -0.05) is 159 Å². The Morgan fingerprint density at radius 2 is 0.860 bits per heavy atom. The number of anilines is 6. The van der Waals surface area contributed by atoms with Crippen LogP contribution in [0.5, 0.6) is 0 Å². The number of rotatable bonds is 10. The summed E-state index contributed by atoms with van der Waals surface area (Å²) in [5.74, 6) is 0. The minimum absolute atomic E-state index is 0.843. The van der Waals surface area contributed by atoms with E-state index in [1.165, 1.54) is 55.9 Å². The second-order valence-corrected chi connectivity index (χ2v) is 14.3. The summed E-state index contributed by atoms with van der Waals surface area (Å²) in [6, 6.07) is 72.2. The van der Waals surface area contributed by atoms with Gasteiger partial charge in [-0.05, 0) is 128 Å². The lowest BCUT2D eigenvalue weighted by molar-refractivity contribution is 1.09. The molecule has 0 radical (unpaired) electrons. The van der Waals surface area contributed by atoms with E-state index in [-0.39, 0.29) is 0 Å². The molecular weight excluding hydrogens is 689 g/mol. The first-order valence-electron chi connectivity index (χ1n) is 19.4. The van der Waals surface area contributed by atoms with Gasteiger partial charge in [0.25, 0.3) is 0 Å². The van der Waals surface area contributed by atoms with Gasteiger partial charge in [-0.15, -0.1) is 0 Å². The van der Waals surface area contributed by atoms with Gasteiger partial charge in [0.2, 0.25) is 0 Å². The maximum Gasteiger partial charge on any atom is 0.0497 e. The van der Waals surface area contributed by atoms with Crippen molar-refractivity contribution in [1.82, 2.24) is 0 Å².